The summed E-state index contributed by atoms with van der Waals surface area (Å²) in [5.41, 5.74) is 2.64. The number of carbonyl (C=O) groups is 1. The number of para-hydroxylation sites is 1. The lowest BCUT2D eigenvalue weighted by molar-refractivity contribution is -0.118. The van der Waals surface area contributed by atoms with Gasteiger partial charge in [-0.25, -0.2) is 0 Å². The molecule has 0 aliphatic carbocycles. The fraction of sp³-hybridized carbons (Fsp3) is 0.0357. The fourth-order valence-electron chi connectivity index (χ4n) is 5.34. The van der Waals surface area contributed by atoms with Crippen LogP contribution in [0.1, 0.15) is 16.7 Å². The van der Waals surface area contributed by atoms with Gasteiger partial charge in [-0.2, -0.15) is 0 Å². The average Bonchev–Trinajstić information content (AvgIpc) is 3.11. The molecule has 7 rings (SSSR count). The number of benzene rings is 5. The fourth-order valence-corrected chi connectivity index (χ4v) is 5.34. The molecular weight excluding hydrogens is 382 g/mol. The van der Waals surface area contributed by atoms with Gasteiger partial charge in [0.25, 0.3) is 0 Å². The zero-order valence-corrected chi connectivity index (χ0v) is 16.6. The molecule has 1 spiro atoms. The summed E-state index contributed by atoms with van der Waals surface area (Å²) >= 11 is 0. The number of hydrogen-bond acceptors (Lipinski definition) is 2. The molecule has 5 aromatic carbocycles. The van der Waals surface area contributed by atoms with Crippen LogP contribution in [0.5, 0.6) is 11.5 Å². The van der Waals surface area contributed by atoms with Gasteiger partial charge in [0.2, 0.25) is 5.91 Å². The van der Waals surface area contributed by atoms with E-state index in [1.165, 1.54) is 0 Å². The highest BCUT2D eigenvalue weighted by Crippen LogP contribution is 2.58. The summed E-state index contributed by atoms with van der Waals surface area (Å²) < 4.78 is 6.67. The van der Waals surface area contributed by atoms with Crippen molar-refractivity contribution in [2.75, 3.05) is 5.32 Å². The standard InChI is InChI=1S/C28H17NO2/c30-27-28(21-11-5-6-12-24(21)29-27)22-15-13-17-7-1-3-9-19(17)25(22)31-26-20-10-4-2-8-18(20)14-16-23(26)28/h1-16H,(H,29,30). The highest BCUT2D eigenvalue weighted by molar-refractivity contribution is 6.14. The predicted molar refractivity (Wildman–Crippen MR) is 123 cm³/mol. The molecule has 0 bridgehead atoms. The van der Waals surface area contributed by atoms with Gasteiger partial charge >= 0.3 is 0 Å². The molecule has 0 saturated heterocycles. The van der Waals surface area contributed by atoms with Gasteiger partial charge < -0.3 is 10.1 Å². The van der Waals surface area contributed by atoms with E-state index < -0.39 is 5.41 Å². The number of rotatable bonds is 0. The third kappa shape index (κ3) is 1.96. The zero-order chi connectivity index (χ0) is 20.6. The first-order chi connectivity index (χ1) is 15.3. The van der Waals surface area contributed by atoms with Crippen molar-refractivity contribution in [2.24, 2.45) is 0 Å². The van der Waals surface area contributed by atoms with E-state index in [0.29, 0.717) is 0 Å². The van der Waals surface area contributed by atoms with Crippen LogP contribution >= 0.6 is 0 Å². The normalized spacial score (nSPS) is 15.3. The minimum absolute atomic E-state index is 0.0370. The van der Waals surface area contributed by atoms with Crippen LogP contribution in [0.2, 0.25) is 0 Å². The number of amides is 1. The third-order valence-corrected chi connectivity index (χ3v) is 6.69. The Morgan fingerprint density at radius 3 is 1.77 bits per heavy atom. The Kier molecular flexibility index (Phi) is 3.08. The first-order valence-electron chi connectivity index (χ1n) is 10.4. The van der Waals surface area contributed by atoms with E-state index in [1.807, 2.05) is 42.5 Å². The molecule has 2 heterocycles. The summed E-state index contributed by atoms with van der Waals surface area (Å²) in [6, 6.07) is 32.6. The van der Waals surface area contributed by atoms with Crippen molar-refractivity contribution in [1.29, 1.82) is 0 Å². The smallest absolute Gasteiger partial charge is 0.244 e. The molecule has 1 amide bonds. The monoisotopic (exact) mass is 399 g/mol. The van der Waals surface area contributed by atoms with E-state index in [-0.39, 0.29) is 5.91 Å². The Morgan fingerprint density at radius 2 is 1.13 bits per heavy atom. The first-order valence-corrected chi connectivity index (χ1v) is 10.4. The van der Waals surface area contributed by atoms with E-state index in [1.54, 1.807) is 0 Å². The molecule has 3 heteroatoms. The van der Waals surface area contributed by atoms with Gasteiger partial charge in [-0.05, 0) is 16.8 Å². The molecule has 3 nitrogen and oxygen atoms in total. The van der Waals surface area contributed by atoms with Crippen LogP contribution in [0.4, 0.5) is 5.69 Å². The number of hydrogen-bond donors (Lipinski definition) is 1. The zero-order valence-electron chi connectivity index (χ0n) is 16.6. The Hall–Kier alpha value is -4.11. The summed E-state index contributed by atoms with van der Waals surface area (Å²) in [7, 11) is 0. The number of nitrogens with one attached hydrogen (secondary N) is 1. The van der Waals surface area contributed by atoms with Gasteiger partial charge in [-0.1, -0.05) is 91.0 Å². The lowest BCUT2D eigenvalue weighted by Crippen LogP contribution is -2.39. The van der Waals surface area contributed by atoms with Gasteiger partial charge in [0.05, 0.1) is 0 Å². The number of ether oxygens (including phenoxy) is 1. The van der Waals surface area contributed by atoms with Crippen molar-refractivity contribution >= 4 is 33.1 Å². The van der Waals surface area contributed by atoms with E-state index >= 15 is 0 Å². The second-order valence-corrected chi connectivity index (χ2v) is 8.18. The Balaban J connectivity index is 1.70. The minimum Gasteiger partial charge on any atom is -0.455 e. The van der Waals surface area contributed by atoms with Crippen LogP contribution in [0.25, 0.3) is 21.5 Å². The van der Waals surface area contributed by atoms with Gasteiger partial charge in [0.1, 0.15) is 16.9 Å². The molecule has 2 aliphatic heterocycles. The van der Waals surface area contributed by atoms with Gasteiger partial charge in [-0.15, -0.1) is 0 Å². The highest BCUT2D eigenvalue weighted by Gasteiger charge is 2.55. The summed E-state index contributed by atoms with van der Waals surface area (Å²) in [4.78, 5) is 13.8. The summed E-state index contributed by atoms with van der Waals surface area (Å²) in [6.07, 6.45) is 0. The lowest BCUT2D eigenvalue weighted by atomic mass is 9.67. The van der Waals surface area contributed by atoms with Crippen molar-refractivity contribution in [1.82, 2.24) is 0 Å². The van der Waals surface area contributed by atoms with Crippen molar-refractivity contribution in [2.45, 2.75) is 5.41 Å². The van der Waals surface area contributed by atoms with E-state index in [9.17, 15) is 4.79 Å². The Bertz CT molecular complexity index is 1480. The van der Waals surface area contributed by atoms with Gasteiger partial charge in [-0.3, -0.25) is 4.79 Å². The largest absolute Gasteiger partial charge is 0.455 e. The number of anilines is 1. The molecule has 0 atom stereocenters. The summed E-state index contributed by atoms with van der Waals surface area (Å²) in [5.74, 6) is 1.48. The van der Waals surface area contributed by atoms with E-state index in [0.717, 1.165) is 55.4 Å². The molecule has 2 aliphatic rings. The molecule has 0 unspecified atom stereocenters. The van der Waals surface area contributed by atoms with Gasteiger partial charge in [0.15, 0.2) is 0 Å². The quantitative estimate of drug-likeness (QED) is 0.328. The first kappa shape index (κ1) is 16.7. The second kappa shape index (κ2) is 5.73. The molecule has 5 aromatic rings. The molecule has 1 N–H and O–H groups in total. The molecule has 146 valence electrons. The maximum absolute atomic E-state index is 13.8. The minimum atomic E-state index is -0.951. The second-order valence-electron chi connectivity index (χ2n) is 8.18. The molecular formula is C28H17NO2. The Labute approximate surface area is 178 Å². The maximum Gasteiger partial charge on any atom is 0.244 e. The predicted octanol–water partition coefficient (Wildman–Crippen LogP) is 6.39. The summed E-state index contributed by atoms with van der Waals surface area (Å²) in [5, 5.41) is 7.34. The van der Waals surface area contributed by atoms with Crippen LogP contribution in [0, 0.1) is 0 Å². The molecule has 0 fully saturated rings. The molecule has 31 heavy (non-hydrogen) atoms. The van der Waals surface area contributed by atoms with Crippen molar-refractivity contribution in [3.05, 3.63) is 114 Å². The van der Waals surface area contributed by atoms with Crippen LogP contribution in [-0.4, -0.2) is 5.91 Å². The van der Waals surface area contributed by atoms with Crippen molar-refractivity contribution in [3.8, 4) is 11.5 Å². The third-order valence-electron chi connectivity index (χ3n) is 6.69. The van der Waals surface area contributed by atoms with Crippen LogP contribution in [0.3, 0.4) is 0 Å². The SMILES string of the molecule is O=C1Nc2ccccc2C12c1ccc3ccccc3c1Oc1c2ccc2ccccc12. The van der Waals surface area contributed by atoms with Crippen LogP contribution < -0.4 is 10.1 Å². The van der Waals surface area contributed by atoms with Crippen molar-refractivity contribution in [3.63, 3.8) is 0 Å². The topological polar surface area (TPSA) is 38.3 Å². The number of carbonyl (C=O) groups excluding carboxylic acids is 1. The maximum atomic E-state index is 13.8. The molecule has 0 saturated carbocycles. The van der Waals surface area contributed by atoms with Crippen LogP contribution in [-0.2, 0) is 10.2 Å². The van der Waals surface area contributed by atoms with Crippen LogP contribution in [0.15, 0.2) is 97.1 Å². The number of fused-ring (bicyclic) bond motifs is 10. The Morgan fingerprint density at radius 1 is 0.581 bits per heavy atom. The highest BCUT2D eigenvalue weighted by atomic mass is 16.5. The van der Waals surface area contributed by atoms with E-state index in [2.05, 4.69) is 59.9 Å². The molecule has 0 aromatic heterocycles. The summed E-state index contributed by atoms with van der Waals surface area (Å²) in [6.45, 7) is 0. The molecule has 0 radical (unpaired) electrons. The van der Waals surface area contributed by atoms with Crippen molar-refractivity contribution < 1.29 is 9.53 Å². The lowest BCUT2D eigenvalue weighted by Gasteiger charge is -2.37. The average molecular weight is 399 g/mol. The van der Waals surface area contributed by atoms with E-state index in [4.69, 9.17) is 4.74 Å². The van der Waals surface area contributed by atoms with Gasteiger partial charge in [0, 0.05) is 33.2 Å².